The zero-order chi connectivity index (χ0) is 29.1. The van der Waals surface area contributed by atoms with E-state index in [4.69, 9.17) is 34.8 Å². The molecule has 0 aliphatic heterocycles. The van der Waals surface area contributed by atoms with Crippen molar-refractivity contribution in [3.63, 3.8) is 0 Å². The Morgan fingerprint density at radius 2 is 1.45 bits per heavy atom. The van der Waals surface area contributed by atoms with Crippen molar-refractivity contribution in [3.8, 4) is 0 Å². The average molecular weight is 616 g/mol. The van der Waals surface area contributed by atoms with Crippen LogP contribution in [0.5, 0.6) is 0 Å². The van der Waals surface area contributed by atoms with Crippen molar-refractivity contribution in [2.24, 2.45) is 0 Å². The SMILES string of the molecule is O=C(CNC(=O)c1ccc(C=CC(c2cc(Cl)c(Cl)c(Cl)c2)C(F)(F)F)cc1C(F)(F)F)NCC(F)(F)F. The number of allylic oxidation sites excluding steroid dienone is 1. The third-order valence-electron chi connectivity index (χ3n) is 4.69. The molecule has 2 N–H and O–H groups in total. The number of alkyl halides is 9. The molecule has 2 rings (SSSR count). The molecule has 0 fully saturated rings. The standard InChI is InChI=1S/C22H14Cl3F9N2O2/c23-15-6-11(7-16(24)18(15)25)13(21(29,30)31)4-2-10-1-3-12(14(5-10)22(32,33)34)19(38)35-8-17(37)36-9-20(26,27)28/h1-7,13H,8-9H2,(H,35,38)(H,36,37). The summed E-state index contributed by atoms with van der Waals surface area (Å²) in [5, 5.41) is 2.42. The summed E-state index contributed by atoms with van der Waals surface area (Å²) in [6.45, 7) is -2.78. The second-order valence-electron chi connectivity index (χ2n) is 7.55. The van der Waals surface area contributed by atoms with Crippen molar-refractivity contribution in [1.82, 2.24) is 10.6 Å². The van der Waals surface area contributed by atoms with Crippen LogP contribution in [0.2, 0.25) is 15.1 Å². The smallest absolute Gasteiger partial charge is 0.345 e. The summed E-state index contributed by atoms with van der Waals surface area (Å²) in [4.78, 5) is 23.6. The molecule has 2 aromatic rings. The van der Waals surface area contributed by atoms with Crippen LogP contribution in [0.25, 0.3) is 6.08 Å². The molecule has 16 heteroatoms. The number of carbonyl (C=O) groups excluding carboxylic acids is 2. The zero-order valence-corrected chi connectivity index (χ0v) is 20.7. The molecule has 1 unspecified atom stereocenters. The van der Waals surface area contributed by atoms with Gasteiger partial charge in [-0.2, -0.15) is 39.5 Å². The largest absolute Gasteiger partial charge is 0.417 e. The van der Waals surface area contributed by atoms with E-state index in [1.807, 2.05) is 0 Å². The fraction of sp³-hybridized carbons (Fsp3) is 0.273. The average Bonchev–Trinajstić information content (AvgIpc) is 2.77. The monoisotopic (exact) mass is 614 g/mol. The van der Waals surface area contributed by atoms with Crippen LogP contribution in [-0.4, -0.2) is 37.3 Å². The summed E-state index contributed by atoms with van der Waals surface area (Å²) in [7, 11) is 0. The zero-order valence-electron chi connectivity index (χ0n) is 18.4. The van der Waals surface area contributed by atoms with Gasteiger partial charge in [-0.25, -0.2) is 0 Å². The minimum Gasteiger partial charge on any atom is -0.345 e. The van der Waals surface area contributed by atoms with E-state index in [0.717, 1.165) is 24.3 Å². The number of hydrogen-bond donors (Lipinski definition) is 2. The molecule has 0 spiro atoms. The number of halogens is 12. The summed E-state index contributed by atoms with van der Waals surface area (Å²) in [6.07, 6.45) is -13.5. The number of benzene rings is 2. The van der Waals surface area contributed by atoms with Gasteiger partial charge in [-0.15, -0.1) is 0 Å². The van der Waals surface area contributed by atoms with Crippen LogP contribution in [0.15, 0.2) is 36.4 Å². The lowest BCUT2D eigenvalue weighted by molar-refractivity contribution is -0.139. The number of amides is 2. The summed E-state index contributed by atoms with van der Waals surface area (Å²) in [5.41, 5.74) is -3.39. The molecule has 4 nitrogen and oxygen atoms in total. The van der Waals surface area contributed by atoms with E-state index in [9.17, 15) is 49.1 Å². The Balaban J connectivity index is 2.33. The first-order chi connectivity index (χ1) is 17.3. The highest BCUT2D eigenvalue weighted by atomic mass is 35.5. The minimum absolute atomic E-state index is 0.191. The van der Waals surface area contributed by atoms with Gasteiger partial charge in [-0.3, -0.25) is 9.59 Å². The highest BCUT2D eigenvalue weighted by Gasteiger charge is 2.40. The third kappa shape index (κ3) is 8.98. The van der Waals surface area contributed by atoms with Crippen LogP contribution in [0, 0.1) is 0 Å². The molecule has 0 heterocycles. The van der Waals surface area contributed by atoms with Crippen molar-refractivity contribution in [2.75, 3.05) is 13.1 Å². The highest BCUT2D eigenvalue weighted by molar-refractivity contribution is 6.48. The second-order valence-corrected chi connectivity index (χ2v) is 8.75. The van der Waals surface area contributed by atoms with Crippen molar-refractivity contribution in [3.05, 3.63) is 73.7 Å². The number of rotatable bonds is 7. The molecule has 1 atom stereocenters. The van der Waals surface area contributed by atoms with Gasteiger partial charge in [0.05, 0.1) is 38.7 Å². The minimum atomic E-state index is -5.16. The maximum atomic E-state index is 13.7. The van der Waals surface area contributed by atoms with Gasteiger partial charge < -0.3 is 10.6 Å². The van der Waals surface area contributed by atoms with E-state index in [0.29, 0.717) is 18.2 Å². The van der Waals surface area contributed by atoms with E-state index in [1.165, 1.54) is 5.32 Å². The lowest BCUT2D eigenvalue weighted by atomic mass is 9.96. The first kappa shape index (κ1) is 31.6. The van der Waals surface area contributed by atoms with Crippen LogP contribution in [0.3, 0.4) is 0 Å². The fourth-order valence-electron chi connectivity index (χ4n) is 2.99. The van der Waals surface area contributed by atoms with Crippen LogP contribution in [-0.2, 0) is 11.0 Å². The molecule has 0 saturated carbocycles. The number of hydrogen-bond acceptors (Lipinski definition) is 2. The normalized spacial score (nSPS) is 13.5. The van der Waals surface area contributed by atoms with Crippen molar-refractivity contribution in [1.29, 1.82) is 0 Å². The van der Waals surface area contributed by atoms with Crippen LogP contribution >= 0.6 is 34.8 Å². The van der Waals surface area contributed by atoms with Gasteiger partial charge in [0.15, 0.2) is 0 Å². The maximum absolute atomic E-state index is 13.7. The van der Waals surface area contributed by atoms with E-state index < -0.39 is 66.0 Å². The predicted octanol–water partition coefficient (Wildman–Crippen LogP) is 7.43. The van der Waals surface area contributed by atoms with E-state index in [-0.39, 0.29) is 20.6 Å². The number of nitrogens with one attached hydrogen (secondary N) is 2. The van der Waals surface area contributed by atoms with Gasteiger partial charge in [-0.05, 0) is 35.4 Å². The molecule has 0 saturated heterocycles. The molecule has 0 aromatic heterocycles. The Bertz CT molecular complexity index is 1200. The quantitative estimate of drug-likeness (QED) is 0.251. The number of carbonyl (C=O) groups is 2. The maximum Gasteiger partial charge on any atom is 0.417 e. The third-order valence-corrected chi connectivity index (χ3v) is 5.89. The summed E-state index contributed by atoms with van der Waals surface area (Å²) >= 11 is 17.3. The molecule has 0 radical (unpaired) electrons. The molecular formula is C22H14Cl3F9N2O2. The topological polar surface area (TPSA) is 58.2 Å². The summed E-state index contributed by atoms with van der Waals surface area (Å²) in [6, 6.07) is 3.74. The predicted molar refractivity (Wildman–Crippen MR) is 122 cm³/mol. The summed E-state index contributed by atoms with van der Waals surface area (Å²) < 4.78 is 118. The van der Waals surface area contributed by atoms with Crippen molar-refractivity contribution >= 4 is 52.7 Å². The van der Waals surface area contributed by atoms with Gasteiger partial charge >= 0.3 is 18.5 Å². The van der Waals surface area contributed by atoms with Gasteiger partial charge in [0.2, 0.25) is 5.91 Å². The fourth-order valence-corrected chi connectivity index (χ4v) is 3.60. The molecular weight excluding hydrogens is 602 g/mol. The Morgan fingerprint density at radius 3 is 1.95 bits per heavy atom. The second kappa shape index (κ2) is 12.0. The first-order valence-electron chi connectivity index (χ1n) is 10.0. The molecule has 2 aromatic carbocycles. The molecule has 38 heavy (non-hydrogen) atoms. The van der Waals surface area contributed by atoms with Gasteiger partial charge in [0, 0.05) is 0 Å². The van der Waals surface area contributed by atoms with Crippen LogP contribution < -0.4 is 10.6 Å². The van der Waals surface area contributed by atoms with Crippen LogP contribution in [0.4, 0.5) is 39.5 Å². The Hall–Kier alpha value is -2.64. The molecule has 0 aliphatic carbocycles. The first-order valence-corrected chi connectivity index (χ1v) is 11.1. The molecule has 0 bridgehead atoms. The van der Waals surface area contributed by atoms with Gasteiger partial charge in [0.1, 0.15) is 6.54 Å². The van der Waals surface area contributed by atoms with E-state index in [2.05, 4.69) is 0 Å². The van der Waals surface area contributed by atoms with Crippen molar-refractivity contribution < 1.29 is 49.1 Å². The lowest BCUT2D eigenvalue weighted by Crippen LogP contribution is -2.41. The van der Waals surface area contributed by atoms with E-state index in [1.54, 1.807) is 5.32 Å². The highest BCUT2D eigenvalue weighted by Crippen LogP contribution is 2.41. The molecule has 208 valence electrons. The van der Waals surface area contributed by atoms with Crippen LogP contribution in [0.1, 0.15) is 33.0 Å². The molecule has 2 amide bonds. The Labute approximate surface area is 223 Å². The lowest BCUT2D eigenvalue weighted by Gasteiger charge is -2.19. The Morgan fingerprint density at radius 1 is 0.868 bits per heavy atom. The molecule has 0 aliphatic rings. The van der Waals surface area contributed by atoms with Gasteiger partial charge in [0.25, 0.3) is 5.91 Å². The summed E-state index contributed by atoms with van der Waals surface area (Å²) in [5.74, 6) is -5.11. The van der Waals surface area contributed by atoms with Gasteiger partial charge in [-0.1, -0.05) is 53.0 Å². The van der Waals surface area contributed by atoms with Crippen molar-refractivity contribution in [2.45, 2.75) is 24.4 Å². The van der Waals surface area contributed by atoms with E-state index >= 15 is 0 Å². The Kier molecular flexibility index (Phi) is 10.0.